The van der Waals surface area contributed by atoms with Crippen LogP contribution in [0.1, 0.15) is 17.7 Å². The number of aromatic nitrogens is 1. The minimum Gasteiger partial charge on any atom is -0.477 e. The molecule has 3 amide bonds. The van der Waals surface area contributed by atoms with Crippen LogP contribution in [0.15, 0.2) is 57.7 Å². The lowest BCUT2D eigenvalue weighted by Gasteiger charge is -2.49. The molecule has 3 aliphatic heterocycles. The number of benzene rings is 1. The Bertz CT molecular complexity index is 1690. The highest BCUT2D eigenvalue weighted by Crippen LogP contribution is 2.41. The maximum absolute atomic E-state index is 14.0. The van der Waals surface area contributed by atoms with E-state index < -0.39 is 52.9 Å². The second-order valence-electron chi connectivity index (χ2n) is 9.60. The summed E-state index contributed by atoms with van der Waals surface area (Å²) in [5, 5.41) is 32.6. The van der Waals surface area contributed by atoms with E-state index >= 15 is 0 Å². The lowest BCUT2D eigenvalue weighted by atomic mass is 10.0. The topological polar surface area (TPSA) is 216 Å². The van der Waals surface area contributed by atoms with E-state index in [-0.39, 0.29) is 40.3 Å². The molecule has 1 aromatic heterocycles. The van der Waals surface area contributed by atoms with Gasteiger partial charge in [-0.2, -0.15) is 13.2 Å². The molecule has 0 bridgehead atoms. The number of nitrogens with one attached hydrogen (secondary N) is 1. The van der Waals surface area contributed by atoms with E-state index in [4.69, 9.17) is 15.6 Å². The van der Waals surface area contributed by atoms with Crippen molar-refractivity contribution in [2.24, 2.45) is 5.16 Å². The molecule has 0 unspecified atom stereocenters. The molecule has 2 fully saturated rings. The van der Waals surface area contributed by atoms with E-state index in [1.807, 2.05) is 0 Å². The van der Waals surface area contributed by atoms with Crippen LogP contribution in [0.2, 0.25) is 0 Å². The van der Waals surface area contributed by atoms with Crippen LogP contribution < -0.4 is 11.1 Å². The Morgan fingerprint density at radius 2 is 1.87 bits per heavy atom. The van der Waals surface area contributed by atoms with Crippen molar-refractivity contribution in [2.45, 2.75) is 30.6 Å². The van der Waals surface area contributed by atoms with E-state index in [2.05, 4.69) is 15.5 Å². The third-order valence-corrected chi connectivity index (χ3v) is 8.67. The standard InChI is InChI=1S/C24H21FN6O6S2.C2HF3O2/c25-14-4-2-1-3-12(14)8-30-6-5-11(20(30)33)7-13-9-38-22-17(21(34)31(22)18(13)23(35)36)28-19(32)16(29-37)15-10-39-24(26)27-15;3-2(4,5)1(6)7/h1-4,7,10,17,22,37H,5-6,8-9H2,(H2,26,27)(H,28,32)(H,35,36);(H,6,7)/t17-,22-;/m1./s1. The highest BCUT2D eigenvalue weighted by molar-refractivity contribution is 8.00. The average molecular weight is 687 g/mol. The fraction of sp³-hybridized carbons (Fsp3) is 0.269. The Hall–Kier alpha value is -4.98. The van der Waals surface area contributed by atoms with Gasteiger partial charge in [0.1, 0.15) is 28.6 Å². The zero-order valence-electron chi connectivity index (χ0n) is 23.0. The van der Waals surface area contributed by atoms with Crippen molar-refractivity contribution < 1.29 is 57.0 Å². The number of allylic oxidation sites excluding steroid dienone is 1. The van der Waals surface area contributed by atoms with Crippen LogP contribution >= 0.6 is 23.1 Å². The Morgan fingerprint density at radius 3 is 2.43 bits per heavy atom. The van der Waals surface area contributed by atoms with Crippen molar-refractivity contribution >= 4 is 63.6 Å². The summed E-state index contributed by atoms with van der Waals surface area (Å²) >= 11 is 2.25. The van der Waals surface area contributed by atoms with Crippen LogP contribution in [-0.4, -0.2) is 95.5 Å². The van der Waals surface area contributed by atoms with Gasteiger partial charge in [0.25, 0.3) is 11.8 Å². The maximum Gasteiger partial charge on any atom is 0.490 e. The van der Waals surface area contributed by atoms with Gasteiger partial charge in [-0.15, -0.1) is 23.1 Å². The van der Waals surface area contributed by atoms with Crippen LogP contribution in [0.4, 0.5) is 22.7 Å². The number of carboxylic acid groups (broad SMARTS) is 2. The number of anilines is 1. The van der Waals surface area contributed by atoms with Crippen molar-refractivity contribution in [1.29, 1.82) is 0 Å². The summed E-state index contributed by atoms with van der Waals surface area (Å²) in [4.78, 5) is 66.1. The molecule has 0 spiro atoms. The summed E-state index contributed by atoms with van der Waals surface area (Å²) in [6.07, 6.45) is -3.26. The summed E-state index contributed by atoms with van der Waals surface area (Å²) in [5.74, 6) is -6.23. The number of alkyl halides is 3. The average Bonchev–Trinajstić information content (AvgIpc) is 3.57. The molecule has 20 heteroatoms. The maximum atomic E-state index is 14.0. The molecule has 4 heterocycles. The highest BCUT2D eigenvalue weighted by atomic mass is 32.2. The summed E-state index contributed by atoms with van der Waals surface area (Å²) < 4.78 is 45.8. The van der Waals surface area contributed by atoms with Gasteiger partial charge < -0.3 is 31.4 Å². The van der Waals surface area contributed by atoms with E-state index in [1.54, 1.807) is 18.2 Å². The Labute approximate surface area is 263 Å². The third-order valence-electron chi connectivity index (χ3n) is 6.69. The van der Waals surface area contributed by atoms with E-state index in [1.165, 1.54) is 34.2 Å². The number of thiazole rings is 1. The normalized spacial score (nSPS) is 20.6. The van der Waals surface area contributed by atoms with Crippen molar-refractivity contribution in [1.82, 2.24) is 20.1 Å². The molecule has 0 aliphatic carbocycles. The first kappa shape index (κ1) is 33.9. The fourth-order valence-electron chi connectivity index (χ4n) is 4.57. The van der Waals surface area contributed by atoms with Gasteiger partial charge in [0.15, 0.2) is 10.8 Å². The fourth-order valence-corrected chi connectivity index (χ4v) is 6.42. The largest absolute Gasteiger partial charge is 0.490 e. The van der Waals surface area contributed by atoms with Gasteiger partial charge in [-0.1, -0.05) is 23.4 Å². The van der Waals surface area contributed by atoms with E-state index in [9.17, 15) is 47.1 Å². The summed E-state index contributed by atoms with van der Waals surface area (Å²) in [7, 11) is 0. The number of nitrogens with zero attached hydrogens (tertiary/aromatic N) is 4. The Morgan fingerprint density at radius 1 is 1.20 bits per heavy atom. The molecule has 1 aromatic carbocycles. The molecular formula is C26H22F4N6O8S2. The number of rotatable bonds is 7. The number of halogens is 4. The van der Waals surface area contributed by atoms with Crippen molar-refractivity contribution in [3.8, 4) is 0 Å². The molecule has 244 valence electrons. The molecule has 2 atom stereocenters. The number of amides is 3. The van der Waals surface area contributed by atoms with Gasteiger partial charge in [0.05, 0.1) is 0 Å². The second kappa shape index (κ2) is 13.6. The summed E-state index contributed by atoms with van der Waals surface area (Å²) in [5.41, 5.74) is 5.91. The number of thioether (sulfide) groups is 1. The molecule has 14 nitrogen and oxygen atoms in total. The number of carbonyl (C=O) groups excluding carboxylic acids is 3. The molecule has 0 saturated carbocycles. The predicted octanol–water partition coefficient (Wildman–Crippen LogP) is 1.77. The molecule has 6 N–H and O–H groups in total. The van der Waals surface area contributed by atoms with Gasteiger partial charge in [0, 0.05) is 35.4 Å². The number of likely N-dealkylation sites (tertiary alicyclic amines) is 1. The highest BCUT2D eigenvalue weighted by Gasteiger charge is 2.54. The first-order valence-electron chi connectivity index (χ1n) is 12.8. The minimum absolute atomic E-state index is 0.0303. The number of hydrogen-bond donors (Lipinski definition) is 5. The number of nitrogens with two attached hydrogens (primary N) is 1. The number of carboxylic acids is 2. The number of nitrogen functional groups attached to an aromatic ring is 1. The SMILES string of the molecule is Nc1nc(C(=NO)C(=O)N[C@@H]2C(=O)N3C(C(=O)O)=C(C=C4CCN(Cc5ccccc5F)C4=O)CS[C@H]23)cs1.O=C(O)C(F)(F)F. The molecule has 2 aromatic rings. The second-order valence-corrected chi connectivity index (χ2v) is 11.6. The van der Waals surface area contributed by atoms with Crippen molar-refractivity contribution in [3.05, 3.63) is 69.6 Å². The van der Waals surface area contributed by atoms with Crippen LogP contribution in [0.5, 0.6) is 0 Å². The molecule has 3 aliphatic rings. The van der Waals surface area contributed by atoms with Crippen LogP contribution in [-0.2, 0) is 30.5 Å². The number of carbonyl (C=O) groups is 5. The molecule has 0 radical (unpaired) electrons. The summed E-state index contributed by atoms with van der Waals surface area (Å²) in [6.45, 7) is 0.434. The molecule has 2 saturated heterocycles. The zero-order chi connectivity index (χ0) is 33.9. The first-order valence-corrected chi connectivity index (χ1v) is 14.8. The number of oxime groups is 1. The Balaban J connectivity index is 0.000000617. The quantitative estimate of drug-likeness (QED) is 0.0707. The van der Waals surface area contributed by atoms with E-state index in [0.29, 0.717) is 24.1 Å². The van der Waals surface area contributed by atoms with Gasteiger partial charge >= 0.3 is 18.1 Å². The lowest BCUT2D eigenvalue weighted by Crippen LogP contribution is -2.71. The van der Waals surface area contributed by atoms with Crippen LogP contribution in [0.3, 0.4) is 0 Å². The smallest absolute Gasteiger partial charge is 0.477 e. The first-order chi connectivity index (χ1) is 21.6. The predicted molar refractivity (Wildman–Crippen MR) is 153 cm³/mol. The van der Waals surface area contributed by atoms with Gasteiger partial charge in [-0.25, -0.2) is 19.0 Å². The minimum atomic E-state index is -5.08. The van der Waals surface area contributed by atoms with Gasteiger partial charge in [-0.05, 0) is 24.1 Å². The van der Waals surface area contributed by atoms with Crippen LogP contribution in [0, 0.1) is 5.82 Å². The number of aliphatic carboxylic acids is 2. The third kappa shape index (κ3) is 7.12. The monoisotopic (exact) mass is 686 g/mol. The van der Waals surface area contributed by atoms with E-state index in [0.717, 1.165) is 16.2 Å². The van der Waals surface area contributed by atoms with Crippen molar-refractivity contribution in [2.75, 3.05) is 18.0 Å². The summed E-state index contributed by atoms with van der Waals surface area (Å²) in [6, 6.07) is 5.09. The molecule has 5 rings (SSSR count). The zero-order valence-corrected chi connectivity index (χ0v) is 24.7. The number of fused-ring (bicyclic) bond motifs is 1. The van der Waals surface area contributed by atoms with Gasteiger partial charge in [-0.3, -0.25) is 19.3 Å². The number of hydrogen-bond acceptors (Lipinski definition) is 11. The Kier molecular flexibility index (Phi) is 10.00. The molecular weight excluding hydrogens is 664 g/mol. The van der Waals surface area contributed by atoms with Crippen molar-refractivity contribution in [3.63, 3.8) is 0 Å². The number of β-lactam (4-membered cyclic amide) rings is 1. The van der Waals surface area contributed by atoms with Gasteiger partial charge in [0.2, 0.25) is 5.91 Å². The molecule has 46 heavy (non-hydrogen) atoms. The van der Waals surface area contributed by atoms with Crippen LogP contribution in [0.25, 0.3) is 0 Å². The lowest BCUT2D eigenvalue weighted by molar-refractivity contribution is -0.192.